The first-order chi connectivity index (χ1) is 17.4. The summed E-state index contributed by atoms with van der Waals surface area (Å²) in [4.78, 5) is 51.9. The summed E-state index contributed by atoms with van der Waals surface area (Å²) in [5.41, 5.74) is -2.17. The zero-order valence-corrected chi connectivity index (χ0v) is 24.2. The fourth-order valence-electron chi connectivity index (χ4n) is 4.27. The topological polar surface area (TPSA) is 135 Å². The van der Waals surface area contributed by atoms with E-state index in [0.717, 1.165) is 0 Å². The number of ether oxygens (including phenoxy) is 4. The number of hydrogen-bond acceptors (Lipinski definition) is 10. The predicted octanol–water partition coefficient (Wildman–Crippen LogP) is 5.42. The molecule has 3 heterocycles. The Balaban J connectivity index is 2.19. The minimum atomic E-state index is -1.03. The molecule has 3 atom stereocenters. The van der Waals surface area contributed by atoms with E-state index in [9.17, 15) is 14.4 Å². The van der Waals surface area contributed by atoms with Gasteiger partial charge in [-0.05, 0) is 59.6 Å². The van der Waals surface area contributed by atoms with E-state index in [2.05, 4.69) is 15.0 Å². The number of imide groups is 1. The normalized spacial score (nSPS) is 21.3. The first-order valence-corrected chi connectivity index (χ1v) is 12.7. The Kier molecular flexibility index (Phi) is 8.01. The molecule has 12 nitrogen and oxygen atoms in total. The quantitative estimate of drug-likeness (QED) is 0.274. The Bertz CT molecular complexity index is 1200. The second kappa shape index (κ2) is 10.3. The number of imidazole rings is 1. The van der Waals surface area contributed by atoms with E-state index in [0.29, 0.717) is 11.3 Å². The van der Waals surface area contributed by atoms with Gasteiger partial charge in [0.15, 0.2) is 29.3 Å². The standard InChI is InChI=1S/C25H36ClN5O7/c1-11-14-25(9,10)16(35-13(2)32)19(36-14)30-12-27-15-17(30)28-20(26)29-18(15)31(21(33)37-23(3,4)5)22(34)38-24(6,7)8/h12,14,16,19H,11H2,1-10H3/t14-,16+,19-/m1/s1. The number of anilines is 1. The number of rotatable bonds is 4. The highest BCUT2D eigenvalue weighted by Crippen LogP contribution is 2.47. The van der Waals surface area contributed by atoms with E-state index in [4.69, 9.17) is 30.5 Å². The molecule has 1 aliphatic heterocycles. The summed E-state index contributed by atoms with van der Waals surface area (Å²) in [6.45, 7) is 17.2. The minimum Gasteiger partial charge on any atom is -0.457 e. The van der Waals surface area contributed by atoms with Crippen molar-refractivity contribution in [2.45, 2.75) is 105 Å². The molecule has 0 aromatic carbocycles. The number of esters is 1. The number of nitrogens with zero attached hydrogens (tertiary/aromatic N) is 5. The third-order valence-corrected chi connectivity index (χ3v) is 5.97. The number of carbonyl (C=O) groups is 3. The molecule has 0 radical (unpaired) electrons. The summed E-state index contributed by atoms with van der Waals surface area (Å²) in [6.07, 6.45) is -1.71. The van der Waals surface area contributed by atoms with Gasteiger partial charge in [-0.3, -0.25) is 9.36 Å². The number of aromatic nitrogens is 4. The van der Waals surface area contributed by atoms with Crippen molar-refractivity contribution >= 4 is 46.7 Å². The molecule has 210 valence electrons. The third kappa shape index (κ3) is 6.17. The van der Waals surface area contributed by atoms with Gasteiger partial charge in [0.25, 0.3) is 0 Å². The second-order valence-corrected chi connectivity index (χ2v) is 12.0. The fourth-order valence-corrected chi connectivity index (χ4v) is 4.43. The van der Waals surface area contributed by atoms with Crippen LogP contribution < -0.4 is 4.90 Å². The number of fused-ring (bicyclic) bond motifs is 1. The highest BCUT2D eigenvalue weighted by molar-refractivity contribution is 6.29. The highest BCUT2D eigenvalue weighted by atomic mass is 35.5. The third-order valence-electron chi connectivity index (χ3n) is 5.80. The van der Waals surface area contributed by atoms with E-state index in [1.54, 1.807) is 46.1 Å². The van der Waals surface area contributed by atoms with E-state index in [1.165, 1.54) is 13.3 Å². The van der Waals surface area contributed by atoms with E-state index in [-0.39, 0.29) is 28.4 Å². The minimum absolute atomic E-state index is 0.0639. The molecular weight excluding hydrogens is 518 g/mol. The van der Waals surface area contributed by atoms with Gasteiger partial charge in [0.05, 0.1) is 12.4 Å². The van der Waals surface area contributed by atoms with Crippen molar-refractivity contribution in [3.63, 3.8) is 0 Å². The molecule has 0 unspecified atom stereocenters. The molecule has 0 saturated carbocycles. The maximum Gasteiger partial charge on any atom is 0.425 e. The van der Waals surface area contributed by atoms with Crippen molar-refractivity contribution in [3.8, 4) is 0 Å². The van der Waals surface area contributed by atoms with Crippen LogP contribution in [0.3, 0.4) is 0 Å². The Morgan fingerprint density at radius 2 is 1.63 bits per heavy atom. The molecule has 1 aliphatic rings. The van der Waals surface area contributed by atoms with Gasteiger partial charge in [0, 0.05) is 12.3 Å². The van der Waals surface area contributed by atoms with Gasteiger partial charge in [-0.15, -0.1) is 0 Å². The number of hydrogen-bond donors (Lipinski definition) is 0. The maximum atomic E-state index is 13.2. The van der Waals surface area contributed by atoms with Crippen LogP contribution in [-0.2, 0) is 23.7 Å². The lowest BCUT2D eigenvalue weighted by Gasteiger charge is -2.30. The van der Waals surface area contributed by atoms with Crippen LogP contribution >= 0.6 is 11.6 Å². The predicted molar refractivity (Wildman–Crippen MR) is 139 cm³/mol. The second-order valence-electron chi connectivity index (χ2n) is 11.7. The van der Waals surface area contributed by atoms with Crippen molar-refractivity contribution in [3.05, 3.63) is 11.6 Å². The first-order valence-electron chi connectivity index (χ1n) is 12.3. The van der Waals surface area contributed by atoms with Gasteiger partial charge in [-0.1, -0.05) is 20.8 Å². The molecular formula is C25H36ClN5O7. The molecule has 2 amide bonds. The van der Waals surface area contributed by atoms with Crippen LogP contribution in [0.15, 0.2) is 6.33 Å². The van der Waals surface area contributed by atoms with Crippen LogP contribution in [-0.4, -0.2) is 61.1 Å². The van der Waals surface area contributed by atoms with E-state index >= 15 is 0 Å². The van der Waals surface area contributed by atoms with E-state index in [1.807, 2.05) is 20.8 Å². The Morgan fingerprint density at radius 1 is 1.08 bits per heavy atom. The van der Waals surface area contributed by atoms with Gasteiger partial charge >= 0.3 is 18.2 Å². The lowest BCUT2D eigenvalue weighted by molar-refractivity contribution is -0.155. The maximum absolute atomic E-state index is 13.2. The van der Waals surface area contributed by atoms with Crippen molar-refractivity contribution in [2.75, 3.05) is 4.90 Å². The number of amides is 2. The number of carbonyl (C=O) groups excluding carboxylic acids is 3. The van der Waals surface area contributed by atoms with Gasteiger partial charge in [-0.2, -0.15) is 14.9 Å². The van der Waals surface area contributed by atoms with Crippen molar-refractivity contribution in [1.82, 2.24) is 19.5 Å². The van der Waals surface area contributed by atoms with Crippen molar-refractivity contribution in [2.24, 2.45) is 5.41 Å². The largest absolute Gasteiger partial charge is 0.457 e. The van der Waals surface area contributed by atoms with Crippen LogP contribution in [0.4, 0.5) is 15.4 Å². The lowest BCUT2D eigenvalue weighted by Crippen LogP contribution is -2.44. The van der Waals surface area contributed by atoms with Crippen LogP contribution in [0.5, 0.6) is 0 Å². The Hall–Kier alpha value is -2.99. The highest BCUT2D eigenvalue weighted by Gasteiger charge is 2.53. The molecule has 0 spiro atoms. The molecule has 2 aromatic heterocycles. The molecule has 13 heteroatoms. The summed E-state index contributed by atoms with van der Waals surface area (Å²) >= 11 is 6.29. The summed E-state index contributed by atoms with van der Waals surface area (Å²) < 4.78 is 24.5. The number of halogens is 1. The van der Waals surface area contributed by atoms with Gasteiger partial charge < -0.3 is 18.9 Å². The SMILES string of the molecule is CC[C@H]1O[C@@H](n2cnc3c(N(C(=O)OC(C)(C)C)C(=O)OC(C)(C)C)nc(Cl)nc32)[C@H](OC(C)=O)C1(C)C. The van der Waals surface area contributed by atoms with Crippen LogP contribution in [0.25, 0.3) is 11.2 Å². The van der Waals surface area contributed by atoms with Crippen LogP contribution in [0.2, 0.25) is 5.28 Å². The smallest absolute Gasteiger partial charge is 0.425 e. The molecule has 3 rings (SSSR count). The molecule has 0 aliphatic carbocycles. The molecule has 38 heavy (non-hydrogen) atoms. The van der Waals surface area contributed by atoms with E-state index < -0.39 is 47.1 Å². The van der Waals surface area contributed by atoms with Crippen molar-refractivity contribution < 1.29 is 33.3 Å². The first kappa shape index (κ1) is 29.6. The molecule has 0 N–H and O–H groups in total. The Labute approximate surface area is 226 Å². The monoisotopic (exact) mass is 553 g/mol. The Morgan fingerprint density at radius 3 is 2.11 bits per heavy atom. The zero-order valence-electron chi connectivity index (χ0n) is 23.5. The summed E-state index contributed by atoms with van der Waals surface area (Å²) in [6, 6.07) is 0. The fraction of sp³-hybridized carbons (Fsp3) is 0.680. The van der Waals surface area contributed by atoms with Gasteiger partial charge in [-0.25, -0.2) is 14.6 Å². The molecule has 1 fully saturated rings. The summed E-state index contributed by atoms with van der Waals surface area (Å²) in [5.74, 6) is -0.692. The van der Waals surface area contributed by atoms with Crippen molar-refractivity contribution in [1.29, 1.82) is 0 Å². The van der Waals surface area contributed by atoms with Crippen LogP contribution in [0.1, 0.15) is 81.9 Å². The summed E-state index contributed by atoms with van der Waals surface area (Å²) in [5, 5.41) is -0.264. The molecule has 1 saturated heterocycles. The summed E-state index contributed by atoms with van der Waals surface area (Å²) in [7, 11) is 0. The average Bonchev–Trinajstić information content (AvgIpc) is 3.23. The molecule has 0 bridgehead atoms. The van der Waals surface area contributed by atoms with Gasteiger partial charge in [0.1, 0.15) is 11.2 Å². The van der Waals surface area contributed by atoms with Gasteiger partial charge in [0.2, 0.25) is 5.28 Å². The van der Waals surface area contributed by atoms with Crippen LogP contribution in [0, 0.1) is 5.41 Å². The average molecular weight is 554 g/mol. The lowest BCUT2D eigenvalue weighted by atomic mass is 9.81. The molecule has 2 aromatic rings. The zero-order chi connectivity index (χ0) is 28.8.